The van der Waals surface area contributed by atoms with Gasteiger partial charge in [0.25, 0.3) is 5.69 Å². The molecule has 2 N–H and O–H groups in total. The van der Waals surface area contributed by atoms with Crippen molar-refractivity contribution in [3.05, 3.63) is 64.0 Å². The van der Waals surface area contributed by atoms with E-state index in [0.717, 1.165) is 6.07 Å². The van der Waals surface area contributed by atoms with Gasteiger partial charge in [-0.2, -0.15) is 0 Å². The molecule has 0 aliphatic heterocycles. The first-order valence-corrected chi connectivity index (χ1v) is 9.19. The number of nitrogens with one attached hydrogen (secondary N) is 2. The summed E-state index contributed by atoms with van der Waals surface area (Å²) in [5.41, 5.74) is 0.768. The van der Waals surface area contributed by atoms with Gasteiger partial charge in [-0.15, -0.1) is 0 Å². The topological polar surface area (TPSA) is 131 Å². The van der Waals surface area contributed by atoms with Crippen LogP contribution < -0.4 is 10.0 Å². The Hall–Kier alpha value is -2.85. The Morgan fingerprint density at radius 2 is 2.04 bits per heavy atom. The molecule has 9 nitrogen and oxygen atoms in total. The molecule has 0 atom stereocenters. The third-order valence-electron chi connectivity index (χ3n) is 3.50. The summed E-state index contributed by atoms with van der Waals surface area (Å²) in [6.07, 6.45) is 1.57. The van der Waals surface area contributed by atoms with Crippen molar-refractivity contribution in [3.63, 3.8) is 0 Å². The number of benzene rings is 1. The van der Waals surface area contributed by atoms with Crippen LogP contribution in [0.5, 0.6) is 0 Å². The summed E-state index contributed by atoms with van der Waals surface area (Å²) in [5, 5.41) is 13.4. The van der Waals surface area contributed by atoms with E-state index in [-0.39, 0.29) is 41.6 Å². The standard InChI is InChI=1S/C16H18N4O5S/c1-12-10-14(20(22)23)5-6-15(12)26(24,25)19-9-7-16(21)18-11-13-4-2-3-8-17-13/h2-6,8,10,19H,7,9,11H2,1H3,(H,18,21). The van der Waals surface area contributed by atoms with E-state index in [4.69, 9.17) is 0 Å². The number of carbonyl (C=O) groups excluding carboxylic acids is 1. The van der Waals surface area contributed by atoms with Gasteiger partial charge in [-0.25, -0.2) is 13.1 Å². The van der Waals surface area contributed by atoms with Crippen LogP contribution in [0, 0.1) is 17.0 Å². The van der Waals surface area contributed by atoms with Gasteiger partial charge in [0.1, 0.15) is 0 Å². The predicted octanol–water partition coefficient (Wildman–Crippen LogP) is 1.28. The lowest BCUT2D eigenvalue weighted by atomic mass is 10.2. The minimum atomic E-state index is -3.86. The molecule has 0 saturated carbocycles. The maximum atomic E-state index is 12.3. The minimum absolute atomic E-state index is 0.0436. The fraction of sp³-hybridized carbons (Fsp3) is 0.250. The maximum absolute atomic E-state index is 12.3. The van der Waals surface area contributed by atoms with Crippen molar-refractivity contribution < 1.29 is 18.1 Å². The smallest absolute Gasteiger partial charge is 0.269 e. The van der Waals surface area contributed by atoms with E-state index in [1.807, 2.05) is 0 Å². The first-order valence-electron chi connectivity index (χ1n) is 7.71. The monoisotopic (exact) mass is 378 g/mol. The quantitative estimate of drug-likeness (QED) is 0.525. The van der Waals surface area contributed by atoms with Gasteiger partial charge in [0.2, 0.25) is 15.9 Å². The molecule has 0 saturated heterocycles. The van der Waals surface area contributed by atoms with Crippen molar-refractivity contribution in [1.82, 2.24) is 15.0 Å². The van der Waals surface area contributed by atoms with Crippen molar-refractivity contribution >= 4 is 21.6 Å². The Bertz CT molecular complexity index is 900. The van der Waals surface area contributed by atoms with Crippen LogP contribution >= 0.6 is 0 Å². The van der Waals surface area contributed by atoms with E-state index in [2.05, 4.69) is 15.0 Å². The third kappa shape index (κ3) is 5.33. The second kappa shape index (κ2) is 8.50. The fourth-order valence-electron chi connectivity index (χ4n) is 2.21. The first kappa shape index (κ1) is 19.5. The lowest BCUT2D eigenvalue weighted by molar-refractivity contribution is -0.385. The Morgan fingerprint density at radius 3 is 2.65 bits per heavy atom. The Morgan fingerprint density at radius 1 is 1.27 bits per heavy atom. The van der Waals surface area contributed by atoms with E-state index in [9.17, 15) is 23.3 Å². The summed E-state index contributed by atoms with van der Waals surface area (Å²) in [5.74, 6) is -0.321. The van der Waals surface area contributed by atoms with Crippen molar-refractivity contribution in [1.29, 1.82) is 0 Å². The van der Waals surface area contributed by atoms with Crippen LogP contribution in [0.25, 0.3) is 0 Å². The van der Waals surface area contributed by atoms with E-state index in [0.29, 0.717) is 5.69 Å². The molecule has 0 aliphatic rings. The molecule has 1 heterocycles. The summed E-state index contributed by atoms with van der Waals surface area (Å²) in [6, 6.07) is 8.82. The number of nitro groups is 1. The largest absolute Gasteiger partial charge is 0.350 e. The molecule has 2 rings (SSSR count). The normalized spacial score (nSPS) is 11.1. The summed E-state index contributed by atoms with van der Waals surface area (Å²) in [6.45, 7) is 1.64. The number of nitro benzene ring substituents is 1. The number of non-ortho nitro benzene ring substituents is 1. The molecule has 26 heavy (non-hydrogen) atoms. The number of pyridine rings is 1. The van der Waals surface area contributed by atoms with Gasteiger partial charge < -0.3 is 5.32 Å². The van der Waals surface area contributed by atoms with Gasteiger partial charge in [-0.3, -0.25) is 19.9 Å². The molecule has 0 fully saturated rings. The SMILES string of the molecule is Cc1cc([N+](=O)[O-])ccc1S(=O)(=O)NCCC(=O)NCc1ccccn1. The molecule has 0 aliphatic carbocycles. The zero-order valence-electron chi connectivity index (χ0n) is 14.0. The number of aromatic nitrogens is 1. The summed E-state index contributed by atoms with van der Waals surface area (Å²) in [7, 11) is -3.86. The van der Waals surface area contributed by atoms with Gasteiger partial charge in [-0.1, -0.05) is 6.07 Å². The summed E-state index contributed by atoms with van der Waals surface area (Å²) >= 11 is 0. The van der Waals surface area contributed by atoms with Crippen LogP contribution in [0.2, 0.25) is 0 Å². The Kier molecular flexibility index (Phi) is 6.36. The lowest BCUT2D eigenvalue weighted by Crippen LogP contribution is -2.31. The number of hydrogen-bond donors (Lipinski definition) is 2. The van der Waals surface area contributed by atoms with Crippen molar-refractivity contribution in [2.75, 3.05) is 6.54 Å². The molecular weight excluding hydrogens is 360 g/mol. The third-order valence-corrected chi connectivity index (χ3v) is 5.12. The van der Waals surface area contributed by atoms with Crippen molar-refractivity contribution in [2.24, 2.45) is 0 Å². The number of hydrogen-bond acceptors (Lipinski definition) is 6. The van der Waals surface area contributed by atoms with E-state index >= 15 is 0 Å². The molecule has 138 valence electrons. The molecular formula is C16H18N4O5S. The van der Waals surface area contributed by atoms with Gasteiger partial charge in [0.15, 0.2) is 0 Å². The van der Waals surface area contributed by atoms with E-state index in [1.54, 1.807) is 24.4 Å². The molecule has 2 aromatic rings. The minimum Gasteiger partial charge on any atom is -0.350 e. The van der Waals surface area contributed by atoms with Crippen LogP contribution in [0.3, 0.4) is 0 Å². The van der Waals surface area contributed by atoms with Crippen molar-refractivity contribution in [2.45, 2.75) is 24.8 Å². The van der Waals surface area contributed by atoms with Crippen LogP contribution in [0.4, 0.5) is 5.69 Å². The number of aryl methyl sites for hydroxylation is 1. The highest BCUT2D eigenvalue weighted by molar-refractivity contribution is 7.89. The average Bonchev–Trinajstić information content (AvgIpc) is 2.60. The molecule has 10 heteroatoms. The van der Waals surface area contributed by atoms with E-state index in [1.165, 1.54) is 19.1 Å². The maximum Gasteiger partial charge on any atom is 0.269 e. The molecule has 0 spiro atoms. The number of amides is 1. The number of carbonyl (C=O) groups is 1. The van der Waals surface area contributed by atoms with Gasteiger partial charge in [0.05, 0.1) is 22.1 Å². The van der Waals surface area contributed by atoms with Gasteiger partial charge in [-0.05, 0) is 30.7 Å². The second-order valence-corrected chi connectivity index (χ2v) is 7.19. The lowest BCUT2D eigenvalue weighted by Gasteiger charge is -2.09. The fourth-order valence-corrected chi connectivity index (χ4v) is 3.46. The van der Waals surface area contributed by atoms with Gasteiger partial charge >= 0.3 is 0 Å². The molecule has 1 aromatic heterocycles. The molecule has 0 unspecified atom stereocenters. The van der Waals surface area contributed by atoms with E-state index < -0.39 is 14.9 Å². The van der Waals surface area contributed by atoms with Crippen LogP contribution in [-0.4, -0.2) is 30.8 Å². The molecule has 0 radical (unpaired) electrons. The first-order chi connectivity index (χ1) is 12.3. The molecule has 1 aromatic carbocycles. The van der Waals surface area contributed by atoms with Gasteiger partial charge in [0, 0.05) is 31.3 Å². The zero-order chi connectivity index (χ0) is 19.2. The van der Waals surface area contributed by atoms with Crippen molar-refractivity contribution in [3.8, 4) is 0 Å². The highest BCUT2D eigenvalue weighted by atomic mass is 32.2. The van der Waals surface area contributed by atoms with Crippen LogP contribution in [0.15, 0.2) is 47.5 Å². The van der Waals surface area contributed by atoms with Crippen LogP contribution in [0.1, 0.15) is 17.7 Å². The highest BCUT2D eigenvalue weighted by Crippen LogP contribution is 2.20. The highest BCUT2D eigenvalue weighted by Gasteiger charge is 2.19. The molecule has 0 bridgehead atoms. The second-order valence-electron chi connectivity index (χ2n) is 5.45. The average molecular weight is 378 g/mol. The number of rotatable bonds is 8. The Labute approximate surface area is 150 Å². The summed E-state index contributed by atoms with van der Waals surface area (Å²) in [4.78, 5) is 25.9. The molecule has 1 amide bonds. The zero-order valence-corrected chi connectivity index (χ0v) is 14.8. The summed E-state index contributed by atoms with van der Waals surface area (Å²) < 4.78 is 26.9. The number of nitrogens with zero attached hydrogens (tertiary/aromatic N) is 2. The predicted molar refractivity (Wildman–Crippen MR) is 93.7 cm³/mol. The Balaban J connectivity index is 1.88. The van der Waals surface area contributed by atoms with Crippen LogP contribution in [-0.2, 0) is 21.4 Å². The number of sulfonamides is 1.